The summed E-state index contributed by atoms with van der Waals surface area (Å²) in [6.45, 7) is 0.157. The summed E-state index contributed by atoms with van der Waals surface area (Å²) in [4.78, 5) is 19.0. The smallest absolute Gasteiger partial charge is 0.258 e. The van der Waals surface area contributed by atoms with Gasteiger partial charge < -0.3 is 9.72 Å². The topological polar surface area (TPSA) is 55.0 Å². The molecule has 0 bridgehead atoms. The van der Waals surface area contributed by atoms with Crippen molar-refractivity contribution in [3.05, 3.63) is 69.7 Å². The minimum atomic E-state index is -0.173. The second-order valence-electron chi connectivity index (χ2n) is 4.25. The molecule has 100 valence electrons. The zero-order chi connectivity index (χ0) is 13.9. The van der Waals surface area contributed by atoms with E-state index in [2.05, 4.69) is 9.97 Å². The second kappa shape index (κ2) is 5.35. The van der Waals surface area contributed by atoms with Gasteiger partial charge in [0.1, 0.15) is 18.2 Å². The number of aromatic nitrogens is 2. The van der Waals surface area contributed by atoms with Crippen molar-refractivity contribution in [2.75, 3.05) is 0 Å². The predicted molar refractivity (Wildman–Crippen MR) is 78.1 cm³/mol. The van der Waals surface area contributed by atoms with Gasteiger partial charge in [-0.25, -0.2) is 4.98 Å². The van der Waals surface area contributed by atoms with E-state index in [4.69, 9.17) is 16.3 Å². The Morgan fingerprint density at radius 3 is 2.70 bits per heavy atom. The molecule has 0 amide bonds. The molecule has 0 spiro atoms. The number of rotatable bonds is 3. The standard InChI is InChI=1S/C15H11ClN2O2/c16-11-6-2-4-8-13(11)20-9-14-17-12-7-3-1-5-10(12)15(19)18-14/h1-8H,9H2,(H,17,18,19). The zero-order valence-corrected chi connectivity index (χ0v) is 11.2. The summed E-state index contributed by atoms with van der Waals surface area (Å²) in [5.74, 6) is 1.03. The molecule has 0 unspecified atom stereocenters. The molecule has 4 nitrogen and oxygen atoms in total. The molecule has 0 saturated carbocycles. The van der Waals surface area contributed by atoms with Crippen LogP contribution in [-0.4, -0.2) is 9.97 Å². The van der Waals surface area contributed by atoms with Crippen LogP contribution in [-0.2, 0) is 6.61 Å². The van der Waals surface area contributed by atoms with E-state index in [1.807, 2.05) is 18.2 Å². The minimum Gasteiger partial charge on any atom is -0.484 e. The molecule has 1 aromatic heterocycles. The highest BCUT2D eigenvalue weighted by Gasteiger charge is 2.05. The quantitative estimate of drug-likeness (QED) is 0.805. The summed E-state index contributed by atoms with van der Waals surface area (Å²) in [5.41, 5.74) is 0.474. The fourth-order valence-corrected chi connectivity index (χ4v) is 2.10. The van der Waals surface area contributed by atoms with Gasteiger partial charge in [-0.1, -0.05) is 35.9 Å². The van der Waals surface area contributed by atoms with E-state index < -0.39 is 0 Å². The third kappa shape index (κ3) is 2.51. The molecule has 1 N–H and O–H groups in total. The van der Waals surface area contributed by atoms with E-state index in [0.29, 0.717) is 27.5 Å². The first kappa shape index (κ1) is 12.7. The maximum Gasteiger partial charge on any atom is 0.258 e. The highest BCUT2D eigenvalue weighted by atomic mass is 35.5. The van der Waals surface area contributed by atoms with Crippen LogP contribution in [0.1, 0.15) is 5.82 Å². The largest absolute Gasteiger partial charge is 0.484 e. The average molecular weight is 287 g/mol. The van der Waals surface area contributed by atoms with Crippen molar-refractivity contribution in [3.63, 3.8) is 0 Å². The van der Waals surface area contributed by atoms with Crippen LogP contribution < -0.4 is 10.3 Å². The Hall–Kier alpha value is -2.33. The first-order valence-corrected chi connectivity index (χ1v) is 6.47. The fourth-order valence-electron chi connectivity index (χ4n) is 1.91. The van der Waals surface area contributed by atoms with Crippen molar-refractivity contribution in [2.45, 2.75) is 6.61 Å². The summed E-state index contributed by atoms with van der Waals surface area (Å²) in [5, 5.41) is 1.09. The second-order valence-corrected chi connectivity index (χ2v) is 4.66. The molecule has 0 saturated heterocycles. The molecule has 2 aromatic carbocycles. The van der Waals surface area contributed by atoms with Crippen LogP contribution >= 0.6 is 11.6 Å². The summed E-state index contributed by atoms with van der Waals surface area (Å²) < 4.78 is 5.56. The van der Waals surface area contributed by atoms with E-state index in [-0.39, 0.29) is 12.2 Å². The zero-order valence-electron chi connectivity index (χ0n) is 10.5. The normalized spacial score (nSPS) is 10.7. The van der Waals surface area contributed by atoms with Gasteiger partial charge in [0.15, 0.2) is 0 Å². The Morgan fingerprint density at radius 2 is 1.85 bits per heavy atom. The molecular formula is C15H11ClN2O2. The number of hydrogen-bond acceptors (Lipinski definition) is 3. The number of fused-ring (bicyclic) bond motifs is 1. The Morgan fingerprint density at radius 1 is 1.10 bits per heavy atom. The average Bonchev–Trinajstić information content (AvgIpc) is 2.46. The van der Waals surface area contributed by atoms with Crippen LogP contribution in [0.25, 0.3) is 10.9 Å². The van der Waals surface area contributed by atoms with Crippen molar-refractivity contribution in [1.82, 2.24) is 9.97 Å². The summed E-state index contributed by atoms with van der Waals surface area (Å²) in [6, 6.07) is 14.3. The van der Waals surface area contributed by atoms with Crippen molar-refractivity contribution >= 4 is 22.5 Å². The van der Waals surface area contributed by atoms with E-state index in [1.165, 1.54) is 0 Å². The molecule has 3 aromatic rings. The molecule has 0 radical (unpaired) electrons. The van der Waals surface area contributed by atoms with Gasteiger partial charge in [0.2, 0.25) is 0 Å². The lowest BCUT2D eigenvalue weighted by molar-refractivity contribution is 0.296. The SMILES string of the molecule is O=c1[nH]c(COc2ccccc2Cl)nc2ccccc12. The summed E-state index contributed by atoms with van der Waals surface area (Å²) >= 11 is 6.00. The lowest BCUT2D eigenvalue weighted by atomic mass is 10.2. The van der Waals surface area contributed by atoms with Gasteiger partial charge in [0.05, 0.1) is 15.9 Å². The van der Waals surface area contributed by atoms with Crippen LogP contribution in [0.5, 0.6) is 5.75 Å². The van der Waals surface area contributed by atoms with Gasteiger partial charge >= 0.3 is 0 Å². The number of para-hydroxylation sites is 2. The predicted octanol–water partition coefficient (Wildman–Crippen LogP) is 3.16. The third-order valence-corrected chi connectivity index (χ3v) is 3.18. The number of hydrogen-bond donors (Lipinski definition) is 1. The molecule has 0 aliphatic heterocycles. The van der Waals surface area contributed by atoms with E-state index in [1.54, 1.807) is 30.3 Å². The number of nitrogens with one attached hydrogen (secondary N) is 1. The Labute approximate surface area is 120 Å². The summed E-state index contributed by atoms with van der Waals surface area (Å²) in [6.07, 6.45) is 0. The van der Waals surface area contributed by atoms with E-state index in [0.717, 1.165) is 0 Å². The van der Waals surface area contributed by atoms with Crippen molar-refractivity contribution in [3.8, 4) is 5.75 Å². The third-order valence-electron chi connectivity index (χ3n) is 2.86. The van der Waals surface area contributed by atoms with Crippen molar-refractivity contribution in [1.29, 1.82) is 0 Å². The highest BCUT2D eigenvalue weighted by molar-refractivity contribution is 6.32. The molecule has 0 fully saturated rings. The number of nitrogens with zero attached hydrogens (tertiary/aromatic N) is 1. The Kier molecular flexibility index (Phi) is 3.39. The molecule has 1 heterocycles. The lowest BCUT2D eigenvalue weighted by Crippen LogP contribution is -2.13. The number of halogens is 1. The van der Waals surface area contributed by atoms with Crippen LogP contribution in [0.2, 0.25) is 5.02 Å². The molecular weight excluding hydrogens is 276 g/mol. The Bertz CT molecular complexity index is 814. The van der Waals surface area contributed by atoms with Crippen molar-refractivity contribution in [2.24, 2.45) is 0 Å². The number of ether oxygens (including phenoxy) is 1. The molecule has 3 rings (SSSR count). The monoisotopic (exact) mass is 286 g/mol. The first-order valence-electron chi connectivity index (χ1n) is 6.09. The minimum absolute atomic E-state index is 0.157. The van der Waals surface area contributed by atoms with Gasteiger partial charge in [-0.2, -0.15) is 0 Å². The van der Waals surface area contributed by atoms with E-state index in [9.17, 15) is 4.79 Å². The molecule has 5 heteroatoms. The van der Waals surface area contributed by atoms with Gasteiger partial charge in [-0.3, -0.25) is 4.79 Å². The number of benzene rings is 2. The van der Waals surface area contributed by atoms with E-state index >= 15 is 0 Å². The lowest BCUT2D eigenvalue weighted by Gasteiger charge is -2.07. The molecule has 0 aliphatic carbocycles. The Balaban J connectivity index is 1.88. The maximum absolute atomic E-state index is 11.9. The van der Waals surface area contributed by atoms with Gasteiger partial charge in [-0.15, -0.1) is 0 Å². The highest BCUT2D eigenvalue weighted by Crippen LogP contribution is 2.23. The number of aromatic amines is 1. The van der Waals surface area contributed by atoms with Gasteiger partial charge in [0.25, 0.3) is 5.56 Å². The molecule has 0 aliphatic rings. The van der Waals surface area contributed by atoms with Crippen LogP contribution in [0.15, 0.2) is 53.3 Å². The van der Waals surface area contributed by atoms with Crippen molar-refractivity contribution < 1.29 is 4.74 Å². The summed E-state index contributed by atoms with van der Waals surface area (Å²) in [7, 11) is 0. The van der Waals surface area contributed by atoms with Crippen LogP contribution in [0, 0.1) is 0 Å². The van der Waals surface area contributed by atoms with Crippen LogP contribution in [0.4, 0.5) is 0 Å². The van der Waals surface area contributed by atoms with Gasteiger partial charge in [-0.05, 0) is 24.3 Å². The fraction of sp³-hybridized carbons (Fsp3) is 0.0667. The molecule has 0 atom stereocenters. The number of H-pyrrole nitrogens is 1. The maximum atomic E-state index is 11.9. The first-order chi connectivity index (χ1) is 9.74. The van der Waals surface area contributed by atoms with Gasteiger partial charge in [0, 0.05) is 0 Å². The van der Waals surface area contributed by atoms with Crippen LogP contribution in [0.3, 0.4) is 0 Å². The molecule has 20 heavy (non-hydrogen) atoms.